The number of fused-ring (bicyclic) bond motifs is 3. The molecular weight excluding hydrogens is 396 g/mol. The number of allylic oxidation sites excluding steroid dienone is 1. The van der Waals surface area contributed by atoms with Gasteiger partial charge in [-0.15, -0.1) is 0 Å². The van der Waals surface area contributed by atoms with Gasteiger partial charge in [-0.25, -0.2) is 0 Å². The average Bonchev–Trinajstić information content (AvgIpc) is 3.07. The van der Waals surface area contributed by atoms with Crippen LogP contribution in [0, 0.1) is 5.92 Å². The van der Waals surface area contributed by atoms with Crippen LogP contribution in [0.1, 0.15) is 42.7 Å². The van der Waals surface area contributed by atoms with E-state index in [4.69, 9.17) is 11.6 Å². The minimum atomic E-state index is 0.104. The second-order valence-electron chi connectivity index (χ2n) is 8.39. The Balaban J connectivity index is 1.50. The van der Waals surface area contributed by atoms with Gasteiger partial charge in [0.25, 0.3) is 0 Å². The molecule has 6 heteroatoms. The van der Waals surface area contributed by atoms with Crippen LogP contribution in [0.2, 0.25) is 0 Å². The lowest BCUT2D eigenvalue weighted by molar-refractivity contribution is 0.303. The quantitative estimate of drug-likeness (QED) is 0.787. The third-order valence-electron chi connectivity index (χ3n) is 6.63. The van der Waals surface area contributed by atoms with Crippen molar-refractivity contribution in [3.63, 3.8) is 0 Å². The Hall–Kier alpha value is -2.37. The molecule has 5 rings (SSSR count). The van der Waals surface area contributed by atoms with Crippen LogP contribution in [0.25, 0.3) is 11.8 Å². The van der Waals surface area contributed by atoms with Crippen LogP contribution in [0.4, 0.5) is 5.69 Å². The van der Waals surface area contributed by atoms with Gasteiger partial charge in [-0.2, -0.15) is 10.2 Å². The van der Waals surface area contributed by atoms with Crippen LogP contribution < -0.4 is 15.6 Å². The summed E-state index contributed by atoms with van der Waals surface area (Å²) < 4.78 is 0. The first-order valence-corrected chi connectivity index (χ1v) is 11.2. The maximum absolute atomic E-state index is 9.56. The zero-order valence-corrected chi connectivity index (χ0v) is 17.8. The highest BCUT2D eigenvalue weighted by Gasteiger charge is 2.29. The van der Waals surface area contributed by atoms with Crippen molar-refractivity contribution in [2.75, 3.05) is 24.6 Å². The molecule has 1 aliphatic carbocycles. The van der Waals surface area contributed by atoms with Crippen LogP contribution in [0.5, 0.6) is 0 Å². The maximum atomic E-state index is 9.56. The van der Waals surface area contributed by atoms with Crippen molar-refractivity contribution in [1.82, 2.24) is 4.98 Å². The van der Waals surface area contributed by atoms with E-state index in [1.165, 1.54) is 24.0 Å². The molecule has 1 aromatic heterocycles. The highest BCUT2D eigenvalue weighted by Crippen LogP contribution is 2.40. The number of nitrogens with one attached hydrogen (secondary N) is 1. The molecule has 3 heterocycles. The minimum Gasteiger partial charge on any atom is -0.395 e. The number of hydrogen-bond donors (Lipinski definition) is 2. The summed E-state index contributed by atoms with van der Waals surface area (Å²) in [5.74, 6) is 1.06. The molecule has 5 nitrogen and oxygen atoms in total. The lowest BCUT2D eigenvalue weighted by Crippen LogP contribution is -2.30. The molecule has 0 radical (unpaired) electrons. The molecule has 2 aromatic rings. The van der Waals surface area contributed by atoms with Gasteiger partial charge in [0.15, 0.2) is 0 Å². The topological polar surface area (TPSA) is 64.0 Å². The second kappa shape index (κ2) is 8.40. The van der Waals surface area contributed by atoms with Crippen LogP contribution in [0.3, 0.4) is 0 Å². The Morgan fingerprint density at radius 1 is 1.10 bits per heavy atom. The van der Waals surface area contributed by atoms with Gasteiger partial charge >= 0.3 is 0 Å². The van der Waals surface area contributed by atoms with Crippen molar-refractivity contribution < 1.29 is 5.11 Å². The molecule has 2 aliphatic heterocycles. The number of nitrogens with zero attached hydrogens (tertiary/aromatic N) is 3. The fraction of sp³-hybridized carbons (Fsp3) is 0.417. The second-order valence-corrected chi connectivity index (χ2v) is 8.82. The molecule has 0 saturated heterocycles. The number of aromatic nitrogens is 1. The van der Waals surface area contributed by atoms with E-state index in [2.05, 4.69) is 50.4 Å². The minimum absolute atomic E-state index is 0.104. The number of β-amino-alcohol motifs (C(OH)–C–C–N with tert-alkyl or cyclic N) is 1. The molecular formula is C24H27ClN4O. The van der Waals surface area contributed by atoms with Gasteiger partial charge in [-0.05, 0) is 49.3 Å². The summed E-state index contributed by atoms with van der Waals surface area (Å²) in [7, 11) is 0. The summed E-state index contributed by atoms with van der Waals surface area (Å²) in [5.41, 5.74) is 4.84. The summed E-state index contributed by atoms with van der Waals surface area (Å²) in [6.45, 7) is 1.92. The van der Waals surface area contributed by atoms with Gasteiger partial charge in [0.05, 0.1) is 35.2 Å². The van der Waals surface area contributed by atoms with Crippen molar-refractivity contribution in [2.45, 2.75) is 38.1 Å². The number of aliphatic hydroxyl groups excluding tert-OH is 1. The molecule has 0 atom stereocenters. The fourth-order valence-electron chi connectivity index (χ4n) is 5.14. The number of hydrogen-bond acceptors (Lipinski definition) is 4. The predicted molar refractivity (Wildman–Crippen MR) is 121 cm³/mol. The summed E-state index contributed by atoms with van der Waals surface area (Å²) in [4.78, 5) is 5.79. The number of azo groups is 1. The fourth-order valence-corrected chi connectivity index (χ4v) is 5.32. The van der Waals surface area contributed by atoms with Crippen molar-refractivity contribution >= 4 is 29.1 Å². The van der Waals surface area contributed by atoms with E-state index in [1.807, 2.05) is 12.2 Å². The number of anilines is 1. The maximum Gasteiger partial charge on any atom is 0.0895 e. The van der Waals surface area contributed by atoms with Gasteiger partial charge in [0.2, 0.25) is 0 Å². The van der Waals surface area contributed by atoms with Crippen LogP contribution in [-0.4, -0.2) is 29.8 Å². The van der Waals surface area contributed by atoms with E-state index in [0.717, 1.165) is 34.9 Å². The van der Waals surface area contributed by atoms with Crippen molar-refractivity contribution in [1.29, 1.82) is 0 Å². The zero-order valence-electron chi connectivity index (χ0n) is 17.0. The first-order chi connectivity index (χ1) is 14.7. The largest absolute Gasteiger partial charge is 0.395 e. The molecule has 0 amide bonds. The van der Waals surface area contributed by atoms with Gasteiger partial charge in [0.1, 0.15) is 0 Å². The summed E-state index contributed by atoms with van der Waals surface area (Å²) in [5, 5.41) is 21.5. The molecule has 0 unspecified atom stereocenters. The third-order valence-corrected chi connectivity index (χ3v) is 6.89. The molecule has 0 spiro atoms. The van der Waals surface area contributed by atoms with Crippen molar-refractivity contribution in [3.05, 3.63) is 63.3 Å². The summed E-state index contributed by atoms with van der Waals surface area (Å²) in [6.07, 6.45) is 8.58. The lowest BCUT2D eigenvalue weighted by atomic mass is 9.77. The summed E-state index contributed by atoms with van der Waals surface area (Å²) in [6, 6.07) is 10.9. The van der Waals surface area contributed by atoms with E-state index < -0.39 is 0 Å². The van der Waals surface area contributed by atoms with E-state index in [1.54, 1.807) is 0 Å². The van der Waals surface area contributed by atoms with Crippen LogP contribution in [-0.2, 0) is 6.54 Å². The van der Waals surface area contributed by atoms with Gasteiger partial charge < -0.3 is 15.0 Å². The van der Waals surface area contributed by atoms with E-state index in [0.29, 0.717) is 36.5 Å². The SMILES string of the molecule is OCCN1CC=C(Cl)C=c2[nH]c3c(c21)CN=NC=3C1CCC(c2ccccc2)CC1. The molecule has 1 aromatic carbocycles. The van der Waals surface area contributed by atoms with Crippen molar-refractivity contribution in [3.8, 4) is 0 Å². The standard InChI is InChI=1S/C24H27ClN4O/c25-19-10-11-29(12-13-30)24-20-15-26-28-22(23(20)27-21(24)14-19)18-8-6-17(7-9-18)16-4-2-1-3-5-16/h1-5,10,14,17-18,27,30H,6-9,11-13,15H2. The van der Waals surface area contributed by atoms with Gasteiger partial charge in [-0.1, -0.05) is 41.9 Å². The number of rotatable bonds is 4. The predicted octanol–water partition coefficient (Wildman–Crippen LogP) is 3.78. The van der Waals surface area contributed by atoms with Crippen molar-refractivity contribution in [2.24, 2.45) is 16.1 Å². The van der Waals surface area contributed by atoms with Gasteiger partial charge in [-0.3, -0.25) is 0 Å². The Bertz CT molecular complexity index is 1090. The highest BCUT2D eigenvalue weighted by molar-refractivity contribution is 6.34. The van der Waals surface area contributed by atoms with Crippen LogP contribution in [0.15, 0.2) is 51.7 Å². The number of aromatic amines is 1. The summed E-state index contributed by atoms with van der Waals surface area (Å²) >= 11 is 6.38. The molecule has 0 bridgehead atoms. The van der Waals surface area contributed by atoms with Crippen LogP contribution >= 0.6 is 11.6 Å². The average molecular weight is 423 g/mol. The zero-order chi connectivity index (χ0) is 20.5. The van der Waals surface area contributed by atoms with E-state index >= 15 is 0 Å². The number of halogens is 1. The molecule has 1 saturated carbocycles. The lowest BCUT2D eigenvalue weighted by Gasteiger charge is -2.29. The molecule has 3 aliphatic rings. The molecule has 156 valence electrons. The van der Waals surface area contributed by atoms with Gasteiger partial charge in [0, 0.05) is 29.6 Å². The van der Waals surface area contributed by atoms with E-state index in [-0.39, 0.29) is 6.61 Å². The number of benzene rings is 1. The third kappa shape index (κ3) is 3.61. The Labute approximate surface area is 181 Å². The number of H-pyrrole nitrogens is 1. The molecule has 1 fully saturated rings. The number of aliphatic hydroxyl groups is 1. The monoisotopic (exact) mass is 422 g/mol. The van der Waals surface area contributed by atoms with E-state index in [9.17, 15) is 5.11 Å². The normalized spacial score (nSPS) is 23.3. The molecule has 30 heavy (non-hydrogen) atoms. The Morgan fingerprint density at radius 3 is 2.63 bits per heavy atom. The molecule has 2 N–H and O–H groups in total. The first-order valence-electron chi connectivity index (χ1n) is 10.8. The highest BCUT2D eigenvalue weighted by atomic mass is 35.5. The Morgan fingerprint density at radius 2 is 1.87 bits per heavy atom. The Kier molecular flexibility index (Phi) is 5.48. The smallest absolute Gasteiger partial charge is 0.0895 e. The first kappa shape index (κ1) is 19.6.